The number of piperazine rings is 1. The fraction of sp³-hybridized carbons (Fsp3) is 0.550. The van der Waals surface area contributed by atoms with E-state index in [0.717, 1.165) is 0 Å². The Hall–Kier alpha value is -3.08. The molecule has 1 N–H and O–H groups in total. The Kier molecular flexibility index (Phi) is 7.07. The minimum Gasteiger partial charge on any atom is -0.450 e. The third kappa shape index (κ3) is 4.72. The lowest BCUT2D eigenvalue weighted by Crippen LogP contribution is -2.52. The van der Waals surface area contributed by atoms with Crippen molar-refractivity contribution in [2.75, 3.05) is 38.1 Å². The second-order valence-corrected chi connectivity index (χ2v) is 8.00. The van der Waals surface area contributed by atoms with Crippen molar-refractivity contribution < 1.29 is 19.1 Å². The molecule has 2 aromatic heterocycles. The van der Waals surface area contributed by atoms with E-state index >= 15 is 0 Å². The van der Waals surface area contributed by atoms with Crippen LogP contribution in [0.15, 0.2) is 6.20 Å². The van der Waals surface area contributed by atoms with Crippen LogP contribution < -0.4 is 5.32 Å². The van der Waals surface area contributed by atoms with Crippen LogP contribution >= 0.6 is 11.6 Å². The van der Waals surface area contributed by atoms with Crippen LogP contribution in [-0.2, 0) is 16.6 Å². The van der Waals surface area contributed by atoms with Crippen LogP contribution in [0.4, 0.5) is 10.5 Å². The van der Waals surface area contributed by atoms with E-state index in [1.54, 1.807) is 50.7 Å². The van der Waals surface area contributed by atoms with Gasteiger partial charge in [0, 0.05) is 39.4 Å². The van der Waals surface area contributed by atoms with E-state index in [4.69, 9.17) is 16.3 Å². The molecule has 0 spiro atoms. The van der Waals surface area contributed by atoms with Gasteiger partial charge in [-0.25, -0.2) is 4.79 Å². The first-order chi connectivity index (χ1) is 15.1. The first-order valence-corrected chi connectivity index (χ1v) is 10.8. The Labute approximate surface area is 191 Å². The van der Waals surface area contributed by atoms with E-state index < -0.39 is 11.9 Å². The van der Waals surface area contributed by atoms with Crippen LogP contribution in [0.25, 0.3) is 0 Å². The maximum absolute atomic E-state index is 13.0. The molecule has 0 saturated carbocycles. The number of amides is 3. The molecular formula is C20H28ClN7O4. The van der Waals surface area contributed by atoms with Crippen LogP contribution in [0, 0.1) is 13.8 Å². The summed E-state index contributed by atoms with van der Waals surface area (Å²) in [4.78, 5) is 40.8. The van der Waals surface area contributed by atoms with Crippen molar-refractivity contribution in [3.8, 4) is 0 Å². The van der Waals surface area contributed by atoms with Crippen molar-refractivity contribution in [1.29, 1.82) is 0 Å². The Bertz CT molecular complexity index is 1020. The number of nitrogens with one attached hydrogen (secondary N) is 1. The highest BCUT2D eigenvalue weighted by Gasteiger charge is 2.29. The van der Waals surface area contributed by atoms with Gasteiger partial charge in [-0.05, 0) is 27.7 Å². The molecule has 1 fully saturated rings. The van der Waals surface area contributed by atoms with Crippen LogP contribution in [0.5, 0.6) is 0 Å². The minimum absolute atomic E-state index is 0.112. The highest BCUT2D eigenvalue weighted by Crippen LogP contribution is 2.23. The van der Waals surface area contributed by atoms with E-state index in [0.29, 0.717) is 54.9 Å². The SMILES string of the molecule is CCOC(=O)N1CCN(C(=O)C(C)n2cc(NC(=O)c3c(Cl)c(C)nn3C)c(C)n2)CC1. The topological polar surface area (TPSA) is 115 Å². The third-order valence-electron chi connectivity index (χ3n) is 5.40. The molecule has 1 saturated heterocycles. The smallest absolute Gasteiger partial charge is 0.409 e. The summed E-state index contributed by atoms with van der Waals surface area (Å²) in [6, 6.07) is -0.573. The summed E-state index contributed by atoms with van der Waals surface area (Å²) in [5.41, 5.74) is 1.87. The zero-order valence-electron chi connectivity index (χ0n) is 18.9. The van der Waals surface area contributed by atoms with Gasteiger partial charge in [-0.2, -0.15) is 10.2 Å². The highest BCUT2D eigenvalue weighted by molar-refractivity contribution is 6.34. The lowest BCUT2D eigenvalue weighted by molar-refractivity contribution is -0.136. The third-order valence-corrected chi connectivity index (χ3v) is 5.85. The second-order valence-electron chi connectivity index (χ2n) is 7.62. The number of anilines is 1. The summed E-state index contributed by atoms with van der Waals surface area (Å²) in [5, 5.41) is 11.6. The molecule has 1 unspecified atom stereocenters. The molecule has 2 aromatic rings. The monoisotopic (exact) mass is 465 g/mol. The van der Waals surface area contributed by atoms with Crippen LogP contribution in [0.1, 0.15) is 41.8 Å². The molecule has 3 heterocycles. The first-order valence-electron chi connectivity index (χ1n) is 10.4. The number of hydrogen-bond donors (Lipinski definition) is 1. The summed E-state index contributed by atoms with van der Waals surface area (Å²) >= 11 is 6.20. The molecule has 1 atom stereocenters. The molecule has 1 aliphatic rings. The van der Waals surface area contributed by atoms with Gasteiger partial charge in [0.25, 0.3) is 5.91 Å². The number of hydrogen-bond acceptors (Lipinski definition) is 6. The maximum Gasteiger partial charge on any atom is 0.409 e. The predicted molar refractivity (Wildman–Crippen MR) is 118 cm³/mol. The summed E-state index contributed by atoms with van der Waals surface area (Å²) < 4.78 is 7.96. The number of carbonyl (C=O) groups excluding carboxylic acids is 3. The highest BCUT2D eigenvalue weighted by atomic mass is 35.5. The van der Waals surface area contributed by atoms with E-state index in [-0.39, 0.29) is 17.7 Å². The van der Waals surface area contributed by atoms with Crippen LogP contribution in [-0.4, -0.2) is 80.1 Å². The number of carbonyl (C=O) groups is 3. The van der Waals surface area contributed by atoms with Gasteiger partial charge >= 0.3 is 6.09 Å². The summed E-state index contributed by atoms with van der Waals surface area (Å²) in [6.07, 6.45) is 1.27. The summed E-state index contributed by atoms with van der Waals surface area (Å²) in [5.74, 6) is -0.519. The van der Waals surface area contributed by atoms with Crippen molar-refractivity contribution in [3.63, 3.8) is 0 Å². The van der Waals surface area contributed by atoms with Crippen molar-refractivity contribution in [2.24, 2.45) is 7.05 Å². The number of halogens is 1. The minimum atomic E-state index is -0.573. The average Bonchev–Trinajstić information content (AvgIpc) is 3.25. The number of ether oxygens (including phenoxy) is 1. The van der Waals surface area contributed by atoms with Gasteiger partial charge in [0.15, 0.2) is 0 Å². The first kappa shape index (κ1) is 23.6. The van der Waals surface area contributed by atoms with Gasteiger partial charge < -0.3 is 19.9 Å². The van der Waals surface area contributed by atoms with E-state index in [2.05, 4.69) is 15.5 Å². The molecule has 3 rings (SSSR count). The Morgan fingerprint density at radius 1 is 1.12 bits per heavy atom. The van der Waals surface area contributed by atoms with Crippen LogP contribution in [0.2, 0.25) is 5.02 Å². The van der Waals surface area contributed by atoms with Gasteiger partial charge in [-0.1, -0.05) is 11.6 Å². The van der Waals surface area contributed by atoms with E-state index in [1.165, 1.54) is 9.36 Å². The standard InChI is InChI=1S/C20H28ClN7O4/c1-6-32-20(31)27-9-7-26(8-10-27)19(30)14(4)28-11-15(12(2)24-28)22-18(29)17-16(21)13(3)23-25(17)5/h11,14H,6-10H2,1-5H3,(H,22,29). The lowest BCUT2D eigenvalue weighted by atomic mass is 10.2. The average molecular weight is 466 g/mol. The summed E-state index contributed by atoms with van der Waals surface area (Å²) in [7, 11) is 1.65. The van der Waals surface area contributed by atoms with E-state index in [1.807, 2.05) is 0 Å². The molecule has 12 heteroatoms. The number of aryl methyl sites for hydroxylation is 3. The molecule has 174 valence electrons. The van der Waals surface area contributed by atoms with Crippen molar-refractivity contribution in [1.82, 2.24) is 29.4 Å². The quantitative estimate of drug-likeness (QED) is 0.722. The Morgan fingerprint density at radius 3 is 2.31 bits per heavy atom. The molecular weight excluding hydrogens is 438 g/mol. The fourth-order valence-corrected chi connectivity index (χ4v) is 3.81. The van der Waals surface area contributed by atoms with Crippen LogP contribution in [0.3, 0.4) is 0 Å². The number of aromatic nitrogens is 4. The Morgan fingerprint density at radius 2 is 1.75 bits per heavy atom. The van der Waals surface area contributed by atoms with Gasteiger partial charge in [0.1, 0.15) is 11.7 Å². The molecule has 11 nitrogen and oxygen atoms in total. The normalized spacial score (nSPS) is 14.9. The predicted octanol–water partition coefficient (Wildman–Crippen LogP) is 2.00. The van der Waals surface area contributed by atoms with Crippen molar-refractivity contribution in [3.05, 3.63) is 28.3 Å². The Balaban J connectivity index is 1.65. The van der Waals surface area contributed by atoms with Crippen molar-refractivity contribution in [2.45, 2.75) is 33.7 Å². The number of rotatable bonds is 5. The van der Waals surface area contributed by atoms with E-state index in [9.17, 15) is 14.4 Å². The zero-order valence-corrected chi connectivity index (χ0v) is 19.6. The second kappa shape index (κ2) is 9.60. The lowest BCUT2D eigenvalue weighted by Gasteiger charge is -2.35. The summed E-state index contributed by atoms with van der Waals surface area (Å²) in [6.45, 7) is 8.98. The van der Waals surface area contributed by atoms with Gasteiger partial charge in [-0.3, -0.25) is 19.0 Å². The molecule has 0 aromatic carbocycles. The van der Waals surface area contributed by atoms with Gasteiger partial charge in [-0.15, -0.1) is 0 Å². The molecule has 0 radical (unpaired) electrons. The molecule has 1 aliphatic heterocycles. The molecule has 32 heavy (non-hydrogen) atoms. The molecule has 0 aliphatic carbocycles. The number of nitrogens with zero attached hydrogens (tertiary/aromatic N) is 6. The molecule has 3 amide bonds. The largest absolute Gasteiger partial charge is 0.450 e. The fourth-order valence-electron chi connectivity index (χ4n) is 3.56. The van der Waals surface area contributed by atoms with Gasteiger partial charge in [0.05, 0.1) is 28.7 Å². The zero-order chi connectivity index (χ0) is 23.6. The maximum atomic E-state index is 13.0. The van der Waals surface area contributed by atoms with Gasteiger partial charge in [0.2, 0.25) is 5.91 Å². The molecule has 0 bridgehead atoms. The van der Waals surface area contributed by atoms with Crippen molar-refractivity contribution >= 4 is 35.2 Å².